The molecule has 12 heteroatoms. The second-order valence-corrected chi connectivity index (χ2v) is 14.1. The van der Waals surface area contributed by atoms with Crippen molar-refractivity contribution in [3.63, 3.8) is 0 Å². The van der Waals surface area contributed by atoms with Crippen molar-refractivity contribution in [2.24, 2.45) is 9.98 Å². The van der Waals surface area contributed by atoms with Gasteiger partial charge in [-0.3, -0.25) is 19.6 Å². The van der Waals surface area contributed by atoms with Crippen molar-refractivity contribution in [3.8, 4) is 23.0 Å². The van der Waals surface area contributed by atoms with Crippen LogP contribution in [0.25, 0.3) is 5.57 Å². The van der Waals surface area contributed by atoms with Crippen molar-refractivity contribution in [3.05, 3.63) is 83.2 Å². The fourth-order valence-corrected chi connectivity index (χ4v) is 7.50. The topological polar surface area (TPSA) is 109 Å². The molecule has 0 saturated carbocycles. The van der Waals surface area contributed by atoms with Crippen LogP contribution >= 0.6 is 0 Å². The van der Waals surface area contributed by atoms with Crippen molar-refractivity contribution in [2.75, 3.05) is 65.6 Å². The summed E-state index contributed by atoms with van der Waals surface area (Å²) in [4.78, 5) is 44.8. The Labute approximate surface area is 309 Å². The average Bonchev–Trinajstić information content (AvgIpc) is 3.72. The lowest BCUT2D eigenvalue weighted by Gasteiger charge is -2.34. The monoisotopic (exact) mass is 716 g/mol. The summed E-state index contributed by atoms with van der Waals surface area (Å²) < 4.78 is 23.5. The molecule has 0 aliphatic carbocycles. The van der Waals surface area contributed by atoms with Gasteiger partial charge in [0.25, 0.3) is 11.8 Å². The Morgan fingerprint density at radius 1 is 0.698 bits per heavy atom. The number of fused-ring (bicyclic) bond motifs is 4. The van der Waals surface area contributed by atoms with E-state index in [0.717, 1.165) is 49.3 Å². The molecule has 0 N–H and O–H groups in total. The highest BCUT2D eigenvalue weighted by Crippen LogP contribution is 2.41. The molecule has 1 unspecified atom stereocenters. The third-order valence-electron chi connectivity index (χ3n) is 10.5. The first kappa shape index (κ1) is 34.5. The normalized spacial score (nSPS) is 20.6. The SMILES string of the molecule is COc1cc2c(cc1OCCCOc1cc3c(cc1OC)C(=O)N1C=C(C)C[C@H]1C=N3)N=CC1CC(c3ccc(N4CCN(C)CC4)cc3)=CN1C2=O. The number of nitrogens with zero attached hydrogens (tertiary/aromatic N) is 6. The van der Waals surface area contributed by atoms with Crippen LogP contribution in [0.15, 0.2) is 76.5 Å². The number of piperazine rings is 1. The predicted molar refractivity (Wildman–Crippen MR) is 205 cm³/mol. The molecular formula is C41H44N6O6. The molecule has 53 heavy (non-hydrogen) atoms. The molecular weight excluding hydrogens is 672 g/mol. The van der Waals surface area contributed by atoms with Crippen LogP contribution in [-0.2, 0) is 0 Å². The second-order valence-electron chi connectivity index (χ2n) is 14.1. The Bertz CT molecular complexity index is 2050. The number of amides is 2. The van der Waals surface area contributed by atoms with E-state index in [-0.39, 0.29) is 23.9 Å². The number of carbonyl (C=O) groups is 2. The quantitative estimate of drug-likeness (QED) is 0.232. The number of anilines is 1. The number of rotatable bonds is 10. The maximum Gasteiger partial charge on any atom is 0.260 e. The summed E-state index contributed by atoms with van der Waals surface area (Å²) in [6, 6.07) is 15.3. The van der Waals surface area contributed by atoms with E-state index >= 15 is 0 Å². The van der Waals surface area contributed by atoms with Gasteiger partial charge in [-0.05, 0) is 55.8 Å². The number of carbonyl (C=O) groups excluding carboxylic acids is 2. The fourth-order valence-electron chi connectivity index (χ4n) is 7.50. The minimum Gasteiger partial charge on any atom is -0.493 e. The highest BCUT2D eigenvalue weighted by molar-refractivity contribution is 6.06. The van der Waals surface area contributed by atoms with Gasteiger partial charge in [0.05, 0.1) is 62.0 Å². The molecule has 5 aliphatic heterocycles. The molecule has 12 nitrogen and oxygen atoms in total. The molecule has 0 spiro atoms. The zero-order valence-corrected chi connectivity index (χ0v) is 30.6. The molecule has 5 aliphatic rings. The summed E-state index contributed by atoms with van der Waals surface area (Å²) in [5, 5.41) is 0. The zero-order valence-electron chi connectivity index (χ0n) is 30.6. The molecule has 8 rings (SSSR count). The third kappa shape index (κ3) is 6.74. The lowest BCUT2D eigenvalue weighted by atomic mass is 10.0. The van der Waals surface area contributed by atoms with Gasteiger partial charge >= 0.3 is 0 Å². The summed E-state index contributed by atoms with van der Waals surface area (Å²) >= 11 is 0. The van der Waals surface area contributed by atoms with E-state index < -0.39 is 0 Å². The minimum absolute atomic E-state index is 0.0842. The Morgan fingerprint density at radius 2 is 1.25 bits per heavy atom. The lowest BCUT2D eigenvalue weighted by molar-refractivity contribution is 0.0809. The number of hydrogen-bond acceptors (Lipinski definition) is 10. The first-order valence-electron chi connectivity index (χ1n) is 18.1. The van der Waals surface area contributed by atoms with Gasteiger partial charge in [0.15, 0.2) is 23.0 Å². The van der Waals surface area contributed by atoms with Gasteiger partial charge < -0.3 is 38.5 Å². The van der Waals surface area contributed by atoms with Crippen molar-refractivity contribution >= 4 is 46.9 Å². The molecule has 3 aromatic carbocycles. The van der Waals surface area contributed by atoms with Crippen molar-refractivity contribution < 1.29 is 28.5 Å². The molecule has 274 valence electrons. The molecule has 0 bridgehead atoms. The van der Waals surface area contributed by atoms with Crippen LogP contribution in [0.1, 0.15) is 52.5 Å². The van der Waals surface area contributed by atoms with E-state index in [0.29, 0.717) is 71.6 Å². The van der Waals surface area contributed by atoms with Crippen molar-refractivity contribution in [1.82, 2.24) is 14.7 Å². The van der Waals surface area contributed by atoms with Crippen molar-refractivity contribution in [2.45, 2.75) is 38.3 Å². The van der Waals surface area contributed by atoms with Gasteiger partial charge in [-0.1, -0.05) is 17.7 Å². The second kappa shape index (κ2) is 14.4. The first-order valence-corrected chi connectivity index (χ1v) is 18.1. The highest BCUT2D eigenvalue weighted by Gasteiger charge is 2.34. The van der Waals surface area contributed by atoms with E-state index in [2.05, 4.69) is 46.1 Å². The molecule has 5 heterocycles. The van der Waals surface area contributed by atoms with Crippen LogP contribution in [0.2, 0.25) is 0 Å². The van der Waals surface area contributed by atoms with Crippen LogP contribution in [-0.4, -0.2) is 112 Å². The summed E-state index contributed by atoms with van der Waals surface area (Å²) in [7, 11) is 5.27. The standard InChI is InChI=1S/C41H44N6O6/c1-26-16-30-22-42-34-20-38(36(50-3)18-32(34)40(48)46(30)24-26)52-14-5-15-53-39-21-35-33(19-37(39)51-4)41(49)47-25-28(17-31(47)23-43-35)27-6-8-29(9-7-27)45-12-10-44(2)11-13-45/h6-9,18-25,30-31H,5,10-17H2,1-4H3/t30-,31?/m0/s1. The number of aliphatic imine (C=N–C) groups is 2. The zero-order chi connectivity index (χ0) is 36.6. The maximum atomic E-state index is 13.9. The summed E-state index contributed by atoms with van der Waals surface area (Å²) in [5.41, 5.74) is 6.61. The molecule has 2 atom stereocenters. The molecule has 1 saturated heterocycles. The average molecular weight is 717 g/mol. The Balaban J connectivity index is 0.901. The molecule has 2 amide bonds. The Kier molecular flexibility index (Phi) is 9.38. The highest BCUT2D eigenvalue weighted by atomic mass is 16.5. The van der Waals surface area contributed by atoms with Gasteiger partial charge in [0, 0.05) is 81.7 Å². The molecule has 0 radical (unpaired) electrons. The maximum absolute atomic E-state index is 13.9. The van der Waals surface area contributed by atoms with E-state index in [1.807, 2.05) is 31.8 Å². The van der Waals surface area contributed by atoms with Crippen LogP contribution in [0.3, 0.4) is 0 Å². The van der Waals surface area contributed by atoms with Gasteiger partial charge in [-0.15, -0.1) is 0 Å². The lowest BCUT2D eigenvalue weighted by Crippen LogP contribution is -2.44. The first-order chi connectivity index (χ1) is 25.8. The summed E-state index contributed by atoms with van der Waals surface area (Å²) in [5.74, 6) is 1.68. The van der Waals surface area contributed by atoms with Crippen LogP contribution in [0.4, 0.5) is 17.1 Å². The number of ether oxygens (including phenoxy) is 4. The van der Waals surface area contributed by atoms with E-state index in [1.165, 1.54) is 5.69 Å². The molecule has 0 aromatic heterocycles. The van der Waals surface area contributed by atoms with E-state index in [9.17, 15) is 9.59 Å². The van der Waals surface area contributed by atoms with E-state index in [1.54, 1.807) is 48.3 Å². The van der Waals surface area contributed by atoms with Gasteiger partial charge in [0.2, 0.25) is 0 Å². The number of methoxy groups -OCH3 is 2. The van der Waals surface area contributed by atoms with Crippen LogP contribution in [0.5, 0.6) is 23.0 Å². The van der Waals surface area contributed by atoms with E-state index in [4.69, 9.17) is 23.9 Å². The Morgan fingerprint density at radius 3 is 1.81 bits per heavy atom. The van der Waals surface area contributed by atoms with Crippen LogP contribution in [0, 0.1) is 0 Å². The van der Waals surface area contributed by atoms with Gasteiger partial charge in [-0.2, -0.15) is 0 Å². The molecule has 3 aromatic rings. The third-order valence-corrected chi connectivity index (χ3v) is 10.5. The van der Waals surface area contributed by atoms with Crippen molar-refractivity contribution in [1.29, 1.82) is 0 Å². The predicted octanol–water partition coefficient (Wildman–Crippen LogP) is 6.11. The number of hydrogen-bond donors (Lipinski definition) is 0. The smallest absolute Gasteiger partial charge is 0.260 e. The number of benzene rings is 3. The van der Waals surface area contributed by atoms with Gasteiger partial charge in [0.1, 0.15) is 0 Å². The summed E-state index contributed by atoms with van der Waals surface area (Å²) in [6.45, 7) is 6.84. The summed E-state index contributed by atoms with van der Waals surface area (Å²) in [6.07, 6.45) is 9.52. The fraction of sp³-hybridized carbons (Fsp3) is 0.366. The van der Waals surface area contributed by atoms with Crippen LogP contribution < -0.4 is 23.8 Å². The largest absolute Gasteiger partial charge is 0.493 e. The van der Waals surface area contributed by atoms with Gasteiger partial charge in [-0.25, -0.2) is 0 Å². The minimum atomic E-state index is -0.179. The number of likely N-dealkylation sites (N-methyl/N-ethyl adjacent to an activating group) is 1. The Hall–Kier alpha value is -5.62. The molecule has 1 fully saturated rings.